The average molecular weight is 216 g/mol. The Balaban J connectivity index is 2.74. The van der Waals surface area contributed by atoms with Crippen LogP contribution in [-0.2, 0) is 4.79 Å². The first-order valence-corrected chi connectivity index (χ1v) is 5.49. The maximum atomic E-state index is 11.7. The fourth-order valence-electron chi connectivity index (χ4n) is 1.51. The lowest BCUT2D eigenvalue weighted by Crippen LogP contribution is -2.20. The van der Waals surface area contributed by atoms with Crippen molar-refractivity contribution in [1.82, 2.24) is 0 Å². The number of carbonyl (C=O) groups is 1. The van der Waals surface area contributed by atoms with Gasteiger partial charge in [-0.15, -0.1) is 0 Å². The molecule has 16 heavy (non-hydrogen) atoms. The van der Waals surface area contributed by atoms with Gasteiger partial charge in [-0.3, -0.25) is 4.79 Å². The van der Waals surface area contributed by atoms with Gasteiger partial charge in [0.25, 0.3) is 0 Å². The fraction of sp³-hybridized carbons (Fsp3) is 0.385. The predicted octanol–water partition coefficient (Wildman–Crippen LogP) is 2.93. The molecule has 0 aliphatic carbocycles. The summed E-state index contributed by atoms with van der Waals surface area (Å²) in [6.07, 6.45) is 1.84. The van der Waals surface area contributed by atoms with E-state index in [1.165, 1.54) is 0 Å². The van der Waals surface area contributed by atoms with E-state index in [1.54, 1.807) is 24.3 Å². The predicted molar refractivity (Wildman–Crippen MR) is 63.9 cm³/mol. The number of nitrogens with one attached hydrogen (secondary N) is 1. The highest BCUT2D eigenvalue weighted by molar-refractivity contribution is 5.93. The number of rotatable bonds is 4. The Bertz CT molecular complexity index is 407. The molecule has 0 aromatic heterocycles. The van der Waals surface area contributed by atoms with Crippen molar-refractivity contribution >= 4 is 11.6 Å². The van der Waals surface area contributed by atoms with Gasteiger partial charge in [-0.25, -0.2) is 0 Å². The average Bonchev–Trinajstić information content (AvgIpc) is 2.30. The van der Waals surface area contributed by atoms with Crippen molar-refractivity contribution in [3.8, 4) is 6.07 Å². The van der Waals surface area contributed by atoms with Gasteiger partial charge in [-0.1, -0.05) is 32.4 Å². The zero-order chi connectivity index (χ0) is 12.0. The van der Waals surface area contributed by atoms with Crippen molar-refractivity contribution in [3.05, 3.63) is 29.8 Å². The van der Waals surface area contributed by atoms with Gasteiger partial charge in [0, 0.05) is 5.92 Å². The molecule has 0 spiro atoms. The molecule has 1 rings (SSSR count). The number of amides is 1. The summed E-state index contributed by atoms with van der Waals surface area (Å²) in [6, 6.07) is 9.08. The number of hydrogen-bond acceptors (Lipinski definition) is 2. The standard InChI is InChI=1S/C13H16N2O/c1-3-6-10(2)13(16)15-12-8-5-4-7-11(12)9-14/h4-5,7-8,10H,3,6H2,1-2H3,(H,15,16)/t10-/m0/s1. The van der Waals surface area contributed by atoms with Crippen LogP contribution in [0.5, 0.6) is 0 Å². The second kappa shape index (κ2) is 5.92. The quantitative estimate of drug-likeness (QED) is 0.841. The molecule has 3 heteroatoms. The van der Waals surface area contributed by atoms with E-state index in [1.807, 2.05) is 13.8 Å². The Kier molecular flexibility index (Phi) is 4.53. The molecule has 0 aliphatic rings. The Labute approximate surface area is 96.1 Å². The maximum absolute atomic E-state index is 11.7. The minimum Gasteiger partial charge on any atom is -0.325 e. The molecule has 0 heterocycles. The van der Waals surface area contributed by atoms with E-state index in [4.69, 9.17) is 5.26 Å². The molecule has 0 unspecified atom stereocenters. The van der Waals surface area contributed by atoms with Crippen LogP contribution in [0.1, 0.15) is 32.3 Å². The molecule has 0 saturated heterocycles. The molecule has 0 bridgehead atoms. The number of nitrogens with zero attached hydrogens (tertiary/aromatic N) is 1. The number of nitriles is 1. The fourth-order valence-corrected chi connectivity index (χ4v) is 1.51. The van der Waals surface area contributed by atoms with E-state index in [9.17, 15) is 4.79 Å². The minimum absolute atomic E-state index is 0.0169. The monoisotopic (exact) mass is 216 g/mol. The van der Waals surface area contributed by atoms with Crippen LogP contribution in [0.4, 0.5) is 5.69 Å². The second-order valence-electron chi connectivity index (χ2n) is 3.84. The van der Waals surface area contributed by atoms with Crippen LogP contribution in [0.25, 0.3) is 0 Å². The zero-order valence-electron chi connectivity index (χ0n) is 9.66. The summed E-state index contributed by atoms with van der Waals surface area (Å²) in [5.74, 6) is -0.0405. The molecule has 1 aromatic rings. The smallest absolute Gasteiger partial charge is 0.227 e. The van der Waals surface area contributed by atoms with Crippen molar-refractivity contribution in [3.63, 3.8) is 0 Å². The Morgan fingerprint density at radius 2 is 2.19 bits per heavy atom. The van der Waals surface area contributed by atoms with Gasteiger partial charge >= 0.3 is 0 Å². The first-order chi connectivity index (χ1) is 7.69. The normalized spacial score (nSPS) is 11.6. The number of benzene rings is 1. The van der Waals surface area contributed by atoms with E-state index in [0.717, 1.165) is 12.8 Å². The SMILES string of the molecule is CCC[C@H](C)C(=O)Nc1ccccc1C#N. The van der Waals surface area contributed by atoms with Gasteiger partial charge in [0.15, 0.2) is 0 Å². The topological polar surface area (TPSA) is 52.9 Å². The Morgan fingerprint density at radius 1 is 1.50 bits per heavy atom. The Morgan fingerprint density at radius 3 is 2.81 bits per heavy atom. The summed E-state index contributed by atoms with van der Waals surface area (Å²) in [7, 11) is 0. The molecule has 1 amide bonds. The van der Waals surface area contributed by atoms with Gasteiger partial charge in [0.1, 0.15) is 6.07 Å². The molecule has 3 nitrogen and oxygen atoms in total. The number of para-hydroxylation sites is 1. The summed E-state index contributed by atoms with van der Waals surface area (Å²) < 4.78 is 0. The number of hydrogen-bond donors (Lipinski definition) is 1. The van der Waals surface area contributed by atoms with Gasteiger partial charge in [-0.05, 0) is 18.6 Å². The molecular formula is C13H16N2O. The number of anilines is 1. The van der Waals surface area contributed by atoms with E-state index in [-0.39, 0.29) is 11.8 Å². The van der Waals surface area contributed by atoms with Crippen LogP contribution in [0, 0.1) is 17.2 Å². The van der Waals surface area contributed by atoms with Crippen molar-refractivity contribution in [1.29, 1.82) is 5.26 Å². The van der Waals surface area contributed by atoms with Crippen LogP contribution in [-0.4, -0.2) is 5.91 Å². The zero-order valence-corrected chi connectivity index (χ0v) is 9.66. The summed E-state index contributed by atoms with van der Waals surface area (Å²) in [6.45, 7) is 3.95. The van der Waals surface area contributed by atoms with E-state index in [0.29, 0.717) is 11.3 Å². The van der Waals surface area contributed by atoms with Crippen LogP contribution < -0.4 is 5.32 Å². The minimum atomic E-state index is -0.0236. The summed E-state index contributed by atoms with van der Waals surface area (Å²) in [4.78, 5) is 11.7. The van der Waals surface area contributed by atoms with Gasteiger partial charge in [0.2, 0.25) is 5.91 Å². The van der Waals surface area contributed by atoms with Gasteiger partial charge < -0.3 is 5.32 Å². The lowest BCUT2D eigenvalue weighted by atomic mass is 10.1. The third-order valence-corrected chi connectivity index (χ3v) is 2.47. The molecular weight excluding hydrogens is 200 g/mol. The largest absolute Gasteiger partial charge is 0.325 e. The molecule has 1 atom stereocenters. The number of carbonyl (C=O) groups excluding carboxylic acids is 1. The molecule has 0 fully saturated rings. The molecule has 1 N–H and O–H groups in total. The van der Waals surface area contributed by atoms with Gasteiger partial charge in [-0.2, -0.15) is 5.26 Å². The highest BCUT2D eigenvalue weighted by Gasteiger charge is 2.13. The third kappa shape index (κ3) is 3.09. The van der Waals surface area contributed by atoms with Crippen LogP contribution in [0.3, 0.4) is 0 Å². The molecule has 1 aromatic carbocycles. The lowest BCUT2D eigenvalue weighted by molar-refractivity contribution is -0.119. The van der Waals surface area contributed by atoms with Crippen molar-refractivity contribution < 1.29 is 4.79 Å². The molecule has 84 valence electrons. The summed E-state index contributed by atoms with van der Waals surface area (Å²) in [5.41, 5.74) is 1.09. The molecule has 0 aliphatic heterocycles. The lowest BCUT2D eigenvalue weighted by Gasteiger charge is -2.11. The van der Waals surface area contributed by atoms with E-state index >= 15 is 0 Å². The van der Waals surface area contributed by atoms with Crippen LogP contribution in [0.15, 0.2) is 24.3 Å². The highest BCUT2D eigenvalue weighted by atomic mass is 16.1. The molecule has 0 radical (unpaired) electrons. The summed E-state index contributed by atoms with van der Waals surface area (Å²) in [5, 5.41) is 11.7. The first kappa shape index (κ1) is 12.3. The van der Waals surface area contributed by atoms with Crippen LogP contribution >= 0.6 is 0 Å². The maximum Gasteiger partial charge on any atom is 0.227 e. The van der Waals surface area contributed by atoms with E-state index in [2.05, 4.69) is 11.4 Å². The van der Waals surface area contributed by atoms with Crippen molar-refractivity contribution in [2.24, 2.45) is 5.92 Å². The first-order valence-electron chi connectivity index (χ1n) is 5.49. The van der Waals surface area contributed by atoms with E-state index < -0.39 is 0 Å². The van der Waals surface area contributed by atoms with Crippen molar-refractivity contribution in [2.45, 2.75) is 26.7 Å². The van der Waals surface area contributed by atoms with Gasteiger partial charge in [0.05, 0.1) is 11.3 Å². The third-order valence-electron chi connectivity index (χ3n) is 2.47. The highest BCUT2D eigenvalue weighted by Crippen LogP contribution is 2.15. The molecule has 0 saturated carbocycles. The van der Waals surface area contributed by atoms with Crippen LogP contribution in [0.2, 0.25) is 0 Å². The Hall–Kier alpha value is -1.82. The summed E-state index contributed by atoms with van der Waals surface area (Å²) >= 11 is 0. The van der Waals surface area contributed by atoms with Crippen molar-refractivity contribution in [2.75, 3.05) is 5.32 Å². The second-order valence-corrected chi connectivity index (χ2v) is 3.84.